The zero-order valence-corrected chi connectivity index (χ0v) is 9.40. The lowest BCUT2D eigenvalue weighted by Crippen LogP contribution is -2.27. The van der Waals surface area contributed by atoms with Crippen LogP contribution in [0.1, 0.15) is 24.6 Å². The highest BCUT2D eigenvalue weighted by atomic mass is 35.5. The second-order valence-electron chi connectivity index (χ2n) is 4.01. The zero-order chi connectivity index (χ0) is 11.3. The molecule has 0 atom stereocenters. The van der Waals surface area contributed by atoms with Gasteiger partial charge in [0.05, 0.1) is 23.3 Å². The Balaban J connectivity index is 2.16. The number of hydrogen-bond donors (Lipinski definition) is 0. The minimum atomic E-state index is 0.135. The number of carbonyl (C=O) groups excluding carboxylic acids is 1. The Hall–Kier alpha value is -1.49. The summed E-state index contributed by atoms with van der Waals surface area (Å²) in [6.07, 6.45) is 2.80. The fraction of sp³-hybridized carbons (Fsp3) is 0.400. The summed E-state index contributed by atoms with van der Waals surface area (Å²) in [4.78, 5) is 19.2. The largest absolute Gasteiger partial charge is 0.300 e. The first-order valence-corrected chi connectivity index (χ1v) is 5.42. The van der Waals surface area contributed by atoms with Gasteiger partial charge in [0.25, 0.3) is 0 Å². The van der Waals surface area contributed by atoms with Gasteiger partial charge in [-0.2, -0.15) is 10.1 Å². The quantitative estimate of drug-likeness (QED) is 0.707. The van der Waals surface area contributed by atoms with Crippen LogP contribution in [0.15, 0.2) is 6.20 Å². The monoisotopic (exact) mass is 236 g/mol. The van der Waals surface area contributed by atoms with Gasteiger partial charge in [0, 0.05) is 12.8 Å². The molecule has 0 aromatic carbocycles. The van der Waals surface area contributed by atoms with E-state index in [1.165, 1.54) is 0 Å². The molecule has 2 heterocycles. The van der Waals surface area contributed by atoms with E-state index in [9.17, 15) is 4.79 Å². The van der Waals surface area contributed by atoms with Gasteiger partial charge in [0.2, 0.25) is 5.28 Å². The van der Waals surface area contributed by atoms with Crippen molar-refractivity contribution in [2.45, 2.75) is 25.8 Å². The van der Waals surface area contributed by atoms with Crippen molar-refractivity contribution in [2.24, 2.45) is 0 Å². The molecule has 0 radical (unpaired) electrons. The van der Waals surface area contributed by atoms with Crippen molar-refractivity contribution in [3.8, 4) is 0 Å². The van der Waals surface area contributed by atoms with E-state index in [0.717, 1.165) is 16.7 Å². The first-order valence-electron chi connectivity index (χ1n) is 5.04. The lowest BCUT2D eigenvalue weighted by atomic mass is 9.91. The van der Waals surface area contributed by atoms with E-state index in [1.807, 2.05) is 6.92 Å². The zero-order valence-electron chi connectivity index (χ0n) is 8.64. The maximum atomic E-state index is 11.0. The van der Waals surface area contributed by atoms with Gasteiger partial charge in [-0.05, 0) is 18.5 Å². The average Bonchev–Trinajstić information content (AvgIpc) is 2.56. The van der Waals surface area contributed by atoms with Crippen LogP contribution >= 0.6 is 11.6 Å². The van der Waals surface area contributed by atoms with Crippen molar-refractivity contribution in [1.29, 1.82) is 0 Å². The maximum absolute atomic E-state index is 11.0. The van der Waals surface area contributed by atoms with Crippen LogP contribution in [0.25, 0.3) is 11.0 Å². The van der Waals surface area contributed by atoms with Crippen LogP contribution in [0.4, 0.5) is 0 Å². The Bertz CT molecular complexity index is 584. The van der Waals surface area contributed by atoms with Gasteiger partial charge in [0.1, 0.15) is 5.78 Å². The molecule has 1 aliphatic rings. The number of hydrogen-bond acceptors (Lipinski definition) is 4. The lowest BCUT2D eigenvalue weighted by Gasteiger charge is -2.24. The number of fused-ring (bicyclic) bond motifs is 1. The third kappa shape index (κ3) is 1.31. The molecule has 1 aliphatic carbocycles. The minimum absolute atomic E-state index is 0.135. The van der Waals surface area contributed by atoms with E-state index in [-0.39, 0.29) is 17.1 Å². The lowest BCUT2D eigenvalue weighted by molar-refractivity contribution is -0.126. The highest BCUT2D eigenvalue weighted by Crippen LogP contribution is 2.30. The number of ketones is 1. The van der Waals surface area contributed by atoms with Crippen molar-refractivity contribution in [1.82, 2.24) is 19.7 Å². The highest BCUT2D eigenvalue weighted by molar-refractivity contribution is 6.28. The second-order valence-corrected chi connectivity index (χ2v) is 4.34. The van der Waals surface area contributed by atoms with Crippen molar-refractivity contribution in [3.05, 3.63) is 17.2 Å². The number of aryl methyl sites for hydroxylation is 1. The molecule has 3 rings (SSSR count). The van der Waals surface area contributed by atoms with E-state index in [1.54, 1.807) is 10.9 Å². The summed E-state index contributed by atoms with van der Waals surface area (Å²) < 4.78 is 1.78. The van der Waals surface area contributed by atoms with Gasteiger partial charge in [-0.15, -0.1) is 0 Å². The molecule has 2 aromatic rings. The van der Waals surface area contributed by atoms with Gasteiger partial charge in [-0.3, -0.25) is 4.79 Å². The fourth-order valence-electron chi connectivity index (χ4n) is 1.94. The molecule has 0 unspecified atom stereocenters. The summed E-state index contributed by atoms with van der Waals surface area (Å²) in [5, 5.41) is 5.37. The third-order valence-corrected chi connectivity index (χ3v) is 3.06. The van der Waals surface area contributed by atoms with E-state index < -0.39 is 0 Å². The Labute approximate surface area is 96.4 Å². The van der Waals surface area contributed by atoms with E-state index in [0.29, 0.717) is 12.8 Å². The Kier molecular flexibility index (Phi) is 1.97. The molecule has 1 fully saturated rings. The normalized spacial score (nSPS) is 16.8. The molecule has 82 valence electrons. The smallest absolute Gasteiger partial charge is 0.224 e. The van der Waals surface area contributed by atoms with Gasteiger partial charge in [0.15, 0.2) is 5.65 Å². The molecular formula is C10H9ClN4O. The van der Waals surface area contributed by atoms with E-state index in [2.05, 4.69) is 15.1 Å². The number of rotatable bonds is 1. The first kappa shape index (κ1) is 9.72. The highest BCUT2D eigenvalue weighted by Gasteiger charge is 2.30. The van der Waals surface area contributed by atoms with Crippen molar-refractivity contribution in [3.63, 3.8) is 0 Å². The topological polar surface area (TPSA) is 60.7 Å². The van der Waals surface area contributed by atoms with Crippen LogP contribution < -0.4 is 0 Å². The third-order valence-electron chi connectivity index (χ3n) is 2.89. The van der Waals surface area contributed by atoms with Crippen LogP contribution in [0.3, 0.4) is 0 Å². The van der Waals surface area contributed by atoms with Crippen molar-refractivity contribution < 1.29 is 4.79 Å². The number of Topliss-reactive ketones (excluding diaryl/α,β-unsaturated/α-hetero) is 1. The molecular weight excluding hydrogens is 228 g/mol. The molecule has 0 amide bonds. The van der Waals surface area contributed by atoms with Crippen LogP contribution in [0.5, 0.6) is 0 Å². The van der Waals surface area contributed by atoms with Crippen LogP contribution in [0.2, 0.25) is 5.28 Å². The number of aromatic nitrogens is 4. The molecule has 2 aromatic heterocycles. The summed E-state index contributed by atoms with van der Waals surface area (Å²) in [5.41, 5.74) is 1.53. The van der Waals surface area contributed by atoms with E-state index in [4.69, 9.17) is 11.6 Å². The van der Waals surface area contributed by atoms with Crippen molar-refractivity contribution >= 4 is 28.4 Å². The Morgan fingerprint density at radius 2 is 2.19 bits per heavy atom. The van der Waals surface area contributed by atoms with Gasteiger partial charge >= 0.3 is 0 Å². The summed E-state index contributed by atoms with van der Waals surface area (Å²) in [6.45, 7) is 1.87. The standard InChI is InChI=1S/C10H9ClN4O/c1-5-8-4-12-15(6-2-7(16)3-6)9(8)14-10(11)13-5/h4,6H,2-3H2,1H3. The second kappa shape index (κ2) is 3.25. The molecule has 0 aliphatic heterocycles. The number of halogens is 1. The summed E-state index contributed by atoms with van der Waals surface area (Å²) in [5.74, 6) is 0.269. The summed E-state index contributed by atoms with van der Waals surface area (Å²) >= 11 is 5.82. The molecule has 6 heteroatoms. The molecule has 16 heavy (non-hydrogen) atoms. The van der Waals surface area contributed by atoms with E-state index >= 15 is 0 Å². The number of carbonyl (C=O) groups is 1. The Morgan fingerprint density at radius 1 is 1.44 bits per heavy atom. The molecule has 0 bridgehead atoms. The Morgan fingerprint density at radius 3 is 2.88 bits per heavy atom. The molecule has 0 saturated heterocycles. The summed E-state index contributed by atoms with van der Waals surface area (Å²) in [6, 6.07) is 0.135. The average molecular weight is 237 g/mol. The van der Waals surface area contributed by atoms with Crippen LogP contribution in [-0.2, 0) is 4.79 Å². The van der Waals surface area contributed by atoms with Crippen LogP contribution in [-0.4, -0.2) is 25.5 Å². The fourth-order valence-corrected chi connectivity index (χ4v) is 2.15. The molecule has 0 spiro atoms. The predicted octanol–water partition coefficient (Wildman–Crippen LogP) is 1.69. The minimum Gasteiger partial charge on any atom is -0.300 e. The molecule has 0 N–H and O–H groups in total. The summed E-state index contributed by atoms with van der Waals surface area (Å²) in [7, 11) is 0. The van der Waals surface area contributed by atoms with Crippen LogP contribution in [0, 0.1) is 6.92 Å². The SMILES string of the molecule is Cc1nc(Cl)nc2c1cnn2C1CC(=O)C1. The van der Waals surface area contributed by atoms with Gasteiger partial charge in [-0.1, -0.05) is 0 Å². The first-order chi connectivity index (χ1) is 7.65. The predicted molar refractivity (Wildman–Crippen MR) is 58.3 cm³/mol. The van der Waals surface area contributed by atoms with Gasteiger partial charge in [-0.25, -0.2) is 9.67 Å². The maximum Gasteiger partial charge on any atom is 0.224 e. The molecule has 1 saturated carbocycles. The molecule has 5 nitrogen and oxygen atoms in total. The van der Waals surface area contributed by atoms with Crippen molar-refractivity contribution in [2.75, 3.05) is 0 Å². The number of nitrogens with zero attached hydrogens (tertiary/aromatic N) is 4. The van der Waals surface area contributed by atoms with Gasteiger partial charge < -0.3 is 0 Å².